The Morgan fingerprint density at radius 1 is 1.07 bits per heavy atom. The molecule has 0 aliphatic carbocycles. The van der Waals surface area contributed by atoms with Gasteiger partial charge in [0.05, 0.1) is 11.4 Å². The molecule has 2 aromatic carbocycles. The van der Waals surface area contributed by atoms with E-state index < -0.39 is 16.6 Å². The van der Waals surface area contributed by atoms with Crippen molar-refractivity contribution in [2.75, 3.05) is 11.6 Å². The monoisotopic (exact) mass is 408 g/mol. The average Bonchev–Trinajstić information content (AvgIpc) is 3.14. The van der Waals surface area contributed by atoms with Gasteiger partial charge in [-0.3, -0.25) is 4.21 Å². The van der Waals surface area contributed by atoms with Gasteiger partial charge in [0.15, 0.2) is 0 Å². The Bertz CT molecular complexity index is 1190. The minimum Gasteiger partial charge on any atom is -0.324 e. The van der Waals surface area contributed by atoms with Gasteiger partial charge in [-0.2, -0.15) is 5.10 Å². The molecule has 4 rings (SSSR count). The van der Waals surface area contributed by atoms with Gasteiger partial charge in [-0.05, 0) is 55.5 Å². The molecule has 0 saturated heterocycles. The Morgan fingerprint density at radius 3 is 2.55 bits per heavy atom. The summed E-state index contributed by atoms with van der Waals surface area (Å²) in [4.78, 5) is 13.2. The molecule has 2 aromatic heterocycles. The molecular formula is C20H17FN6OS. The number of anilines is 2. The van der Waals surface area contributed by atoms with E-state index in [1.54, 1.807) is 29.3 Å². The number of benzene rings is 2. The van der Waals surface area contributed by atoms with Crippen molar-refractivity contribution in [3.63, 3.8) is 0 Å². The first kappa shape index (κ1) is 18.9. The summed E-state index contributed by atoms with van der Waals surface area (Å²) in [6, 6.07) is 13.5. The van der Waals surface area contributed by atoms with E-state index in [1.807, 2.05) is 31.2 Å². The van der Waals surface area contributed by atoms with Crippen LogP contribution >= 0.6 is 0 Å². The van der Waals surface area contributed by atoms with Crippen molar-refractivity contribution in [3.05, 3.63) is 72.7 Å². The van der Waals surface area contributed by atoms with Crippen LogP contribution in [0.15, 0.2) is 66.0 Å². The predicted octanol–water partition coefficient (Wildman–Crippen LogP) is 3.65. The standard InChI is InChI=1S/C20H17FN6OS/c1-13-23-12-27(26-13)17-5-3-16(4-6-17)24-20-22-8-7-19(25-20)14-9-15(21)11-18(10-14)29(2)28/h3-12H,1-2H3,(H,22,24,25). The molecule has 7 nitrogen and oxygen atoms in total. The van der Waals surface area contributed by atoms with Crippen LogP contribution in [0.3, 0.4) is 0 Å². The largest absolute Gasteiger partial charge is 0.324 e. The third-order valence-corrected chi connectivity index (χ3v) is 5.05. The van der Waals surface area contributed by atoms with Crippen LogP contribution in [-0.2, 0) is 10.8 Å². The van der Waals surface area contributed by atoms with Crippen molar-refractivity contribution in [1.82, 2.24) is 24.7 Å². The molecular weight excluding hydrogens is 391 g/mol. The van der Waals surface area contributed by atoms with Gasteiger partial charge in [-0.25, -0.2) is 24.0 Å². The molecule has 146 valence electrons. The van der Waals surface area contributed by atoms with Crippen molar-refractivity contribution >= 4 is 22.4 Å². The van der Waals surface area contributed by atoms with Gasteiger partial charge in [0.25, 0.3) is 0 Å². The average molecular weight is 408 g/mol. The third kappa shape index (κ3) is 4.35. The van der Waals surface area contributed by atoms with Gasteiger partial charge in [-0.1, -0.05) is 0 Å². The second-order valence-corrected chi connectivity index (χ2v) is 7.68. The molecule has 29 heavy (non-hydrogen) atoms. The third-order valence-electron chi connectivity index (χ3n) is 4.15. The van der Waals surface area contributed by atoms with Crippen molar-refractivity contribution < 1.29 is 8.60 Å². The van der Waals surface area contributed by atoms with Crippen LogP contribution in [0.1, 0.15) is 5.82 Å². The normalized spacial score (nSPS) is 12.0. The van der Waals surface area contributed by atoms with Gasteiger partial charge in [0.2, 0.25) is 5.95 Å². The lowest BCUT2D eigenvalue weighted by atomic mass is 10.1. The van der Waals surface area contributed by atoms with E-state index in [-0.39, 0.29) is 0 Å². The van der Waals surface area contributed by atoms with Crippen LogP contribution in [0, 0.1) is 12.7 Å². The quantitative estimate of drug-likeness (QED) is 0.543. The van der Waals surface area contributed by atoms with Crippen LogP contribution < -0.4 is 5.32 Å². The van der Waals surface area contributed by atoms with Crippen molar-refractivity contribution in [3.8, 4) is 16.9 Å². The fourth-order valence-corrected chi connectivity index (χ4v) is 3.32. The highest BCUT2D eigenvalue weighted by atomic mass is 32.2. The Morgan fingerprint density at radius 2 is 1.86 bits per heavy atom. The first-order chi connectivity index (χ1) is 14.0. The number of hydrogen-bond acceptors (Lipinski definition) is 6. The number of nitrogens with one attached hydrogen (secondary N) is 1. The lowest BCUT2D eigenvalue weighted by Gasteiger charge is -2.08. The molecule has 0 saturated carbocycles. The summed E-state index contributed by atoms with van der Waals surface area (Å²) < 4.78 is 27.3. The highest BCUT2D eigenvalue weighted by Gasteiger charge is 2.09. The lowest BCUT2D eigenvalue weighted by Crippen LogP contribution is -2.00. The summed E-state index contributed by atoms with van der Waals surface area (Å²) in [7, 11) is -1.29. The molecule has 9 heteroatoms. The number of nitrogens with zero attached hydrogens (tertiary/aromatic N) is 5. The number of rotatable bonds is 5. The van der Waals surface area contributed by atoms with Crippen LogP contribution in [0.5, 0.6) is 0 Å². The molecule has 0 radical (unpaired) electrons. The zero-order chi connectivity index (χ0) is 20.4. The van der Waals surface area contributed by atoms with Crippen molar-refractivity contribution in [2.24, 2.45) is 0 Å². The van der Waals surface area contributed by atoms with Gasteiger partial charge in [0.1, 0.15) is 18.0 Å². The Labute approximate surface area is 169 Å². The number of aryl methyl sites for hydroxylation is 1. The summed E-state index contributed by atoms with van der Waals surface area (Å²) in [5.41, 5.74) is 2.74. The predicted molar refractivity (Wildman–Crippen MR) is 109 cm³/mol. The second kappa shape index (κ2) is 7.88. The zero-order valence-corrected chi connectivity index (χ0v) is 16.5. The number of aromatic nitrogens is 5. The maximum absolute atomic E-state index is 13.9. The Balaban J connectivity index is 1.57. The van der Waals surface area contributed by atoms with Crippen LogP contribution in [0.4, 0.5) is 16.0 Å². The van der Waals surface area contributed by atoms with E-state index in [0.29, 0.717) is 27.9 Å². The van der Waals surface area contributed by atoms with Crippen LogP contribution in [0.25, 0.3) is 16.9 Å². The molecule has 4 aromatic rings. The Hall–Kier alpha value is -3.46. The lowest BCUT2D eigenvalue weighted by molar-refractivity contribution is 0.623. The van der Waals surface area contributed by atoms with Crippen LogP contribution in [0.2, 0.25) is 0 Å². The van der Waals surface area contributed by atoms with Gasteiger partial charge < -0.3 is 5.32 Å². The van der Waals surface area contributed by atoms with E-state index in [2.05, 4.69) is 25.4 Å². The molecule has 2 heterocycles. The molecule has 0 amide bonds. The van der Waals surface area contributed by atoms with E-state index in [1.165, 1.54) is 18.4 Å². The molecule has 1 unspecified atom stereocenters. The summed E-state index contributed by atoms with van der Waals surface area (Å²) in [6.07, 6.45) is 4.75. The van der Waals surface area contributed by atoms with E-state index >= 15 is 0 Å². The minimum absolute atomic E-state index is 0.371. The minimum atomic E-state index is -1.29. The van der Waals surface area contributed by atoms with Crippen molar-refractivity contribution in [1.29, 1.82) is 0 Å². The molecule has 0 bridgehead atoms. The molecule has 1 N–H and O–H groups in total. The summed E-state index contributed by atoms with van der Waals surface area (Å²) >= 11 is 0. The van der Waals surface area contributed by atoms with E-state index in [9.17, 15) is 8.60 Å². The summed E-state index contributed by atoms with van der Waals surface area (Å²) in [5.74, 6) is 0.611. The molecule has 0 aliphatic heterocycles. The topological polar surface area (TPSA) is 85.6 Å². The molecule has 0 spiro atoms. The maximum atomic E-state index is 13.9. The maximum Gasteiger partial charge on any atom is 0.227 e. The highest BCUT2D eigenvalue weighted by molar-refractivity contribution is 7.84. The first-order valence-corrected chi connectivity index (χ1v) is 10.3. The molecule has 1 atom stereocenters. The Kier molecular flexibility index (Phi) is 5.13. The molecule has 0 aliphatic rings. The van der Waals surface area contributed by atoms with Crippen LogP contribution in [-0.4, -0.2) is 35.2 Å². The number of hydrogen-bond donors (Lipinski definition) is 1. The SMILES string of the molecule is Cc1ncn(-c2ccc(Nc3nccc(-c4cc(F)cc(S(C)=O)c4)n3)cc2)n1. The highest BCUT2D eigenvalue weighted by Crippen LogP contribution is 2.23. The fourth-order valence-electron chi connectivity index (χ4n) is 2.75. The van der Waals surface area contributed by atoms with Gasteiger partial charge >= 0.3 is 0 Å². The van der Waals surface area contributed by atoms with Crippen molar-refractivity contribution in [2.45, 2.75) is 11.8 Å². The summed E-state index contributed by atoms with van der Waals surface area (Å²) in [5, 5.41) is 7.40. The summed E-state index contributed by atoms with van der Waals surface area (Å²) in [6.45, 7) is 1.83. The van der Waals surface area contributed by atoms with E-state index in [4.69, 9.17) is 0 Å². The smallest absolute Gasteiger partial charge is 0.227 e. The molecule has 0 fully saturated rings. The van der Waals surface area contributed by atoms with E-state index in [0.717, 1.165) is 11.4 Å². The number of halogens is 1. The van der Waals surface area contributed by atoms with Gasteiger partial charge in [0, 0.05) is 39.4 Å². The second-order valence-electron chi connectivity index (χ2n) is 6.30. The first-order valence-electron chi connectivity index (χ1n) is 8.71. The fraction of sp³-hybridized carbons (Fsp3) is 0.100. The zero-order valence-electron chi connectivity index (χ0n) is 15.7. The van der Waals surface area contributed by atoms with Gasteiger partial charge in [-0.15, -0.1) is 0 Å².